The van der Waals surface area contributed by atoms with Gasteiger partial charge in [0.05, 0.1) is 14.2 Å². The van der Waals surface area contributed by atoms with Gasteiger partial charge >= 0.3 is 5.97 Å². The lowest BCUT2D eigenvalue weighted by Crippen LogP contribution is -2.35. The van der Waals surface area contributed by atoms with E-state index in [2.05, 4.69) is 4.90 Å². The zero-order valence-corrected chi connectivity index (χ0v) is 17.5. The molecule has 6 heteroatoms. The first-order chi connectivity index (χ1) is 14.1. The third kappa shape index (κ3) is 7.40. The lowest BCUT2D eigenvalue weighted by Gasteiger charge is -2.26. The summed E-state index contributed by atoms with van der Waals surface area (Å²) in [6.07, 6.45) is 0.308. The monoisotopic (exact) mass is 401 g/mol. The molecule has 0 bridgehead atoms. The Balaban J connectivity index is 2.12. The molecule has 2 rings (SSSR count). The van der Waals surface area contributed by atoms with Crippen molar-refractivity contribution in [3.8, 4) is 11.5 Å². The van der Waals surface area contributed by atoms with Gasteiger partial charge in [0, 0.05) is 31.6 Å². The summed E-state index contributed by atoms with van der Waals surface area (Å²) in [5.41, 5.74) is 2.09. The average Bonchev–Trinajstić information content (AvgIpc) is 2.73. The Hall–Kier alpha value is -2.57. The Morgan fingerprint density at radius 3 is 2.45 bits per heavy atom. The highest BCUT2D eigenvalue weighted by molar-refractivity contribution is 5.69. The van der Waals surface area contributed by atoms with Gasteiger partial charge in [0.15, 0.2) is 11.5 Å². The number of aliphatic hydroxyl groups excluding tert-OH is 1. The van der Waals surface area contributed by atoms with Crippen molar-refractivity contribution in [2.75, 3.05) is 27.4 Å². The normalized spacial score (nSPS) is 11.9. The molecule has 0 saturated heterocycles. The van der Waals surface area contributed by atoms with Crippen molar-refractivity contribution in [1.29, 1.82) is 0 Å². The second-order valence-corrected chi connectivity index (χ2v) is 6.89. The summed E-state index contributed by atoms with van der Waals surface area (Å²) in [7, 11) is 3.22. The van der Waals surface area contributed by atoms with Gasteiger partial charge in [-0.05, 0) is 18.1 Å². The Morgan fingerprint density at radius 2 is 1.79 bits per heavy atom. The fourth-order valence-corrected chi connectivity index (χ4v) is 3.16. The predicted octanol–water partition coefficient (Wildman–Crippen LogP) is 3.41. The number of benzene rings is 2. The van der Waals surface area contributed by atoms with Crippen molar-refractivity contribution in [2.24, 2.45) is 0 Å². The number of aliphatic hydroxyl groups is 1. The van der Waals surface area contributed by atoms with Crippen LogP contribution in [0, 0.1) is 0 Å². The molecule has 1 atom stereocenters. The Bertz CT molecular complexity index is 750. The Morgan fingerprint density at radius 1 is 1.03 bits per heavy atom. The van der Waals surface area contributed by atoms with Crippen LogP contribution in [0.25, 0.3) is 0 Å². The van der Waals surface area contributed by atoms with Crippen LogP contribution in [0.15, 0.2) is 48.5 Å². The number of methoxy groups -OCH3 is 2. The SMILES string of the molecule is CCCC(=O)OC[C@@H](O)CN(Cc1ccccc1)Cc1cccc(OC)c1OC. The fourth-order valence-electron chi connectivity index (χ4n) is 3.16. The minimum atomic E-state index is -0.781. The third-order valence-electron chi connectivity index (χ3n) is 4.49. The molecule has 29 heavy (non-hydrogen) atoms. The maximum atomic E-state index is 11.6. The van der Waals surface area contributed by atoms with E-state index in [1.165, 1.54) is 0 Å². The van der Waals surface area contributed by atoms with E-state index in [1.807, 2.05) is 55.5 Å². The molecule has 0 saturated carbocycles. The van der Waals surface area contributed by atoms with Gasteiger partial charge in [-0.2, -0.15) is 0 Å². The van der Waals surface area contributed by atoms with Crippen LogP contribution in [0.1, 0.15) is 30.9 Å². The van der Waals surface area contributed by atoms with Crippen LogP contribution in [0.2, 0.25) is 0 Å². The highest BCUT2D eigenvalue weighted by Gasteiger charge is 2.18. The fraction of sp³-hybridized carbons (Fsp3) is 0.435. The molecule has 1 N–H and O–H groups in total. The third-order valence-corrected chi connectivity index (χ3v) is 4.49. The van der Waals surface area contributed by atoms with Crippen molar-refractivity contribution < 1.29 is 24.1 Å². The van der Waals surface area contributed by atoms with Gasteiger partial charge < -0.3 is 19.3 Å². The van der Waals surface area contributed by atoms with E-state index in [-0.39, 0.29) is 12.6 Å². The molecule has 0 spiro atoms. The number of rotatable bonds is 12. The van der Waals surface area contributed by atoms with Crippen LogP contribution in [0.3, 0.4) is 0 Å². The van der Waals surface area contributed by atoms with Gasteiger partial charge in [0.25, 0.3) is 0 Å². The molecule has 0 fully saturated rings. The van der Waals surface area contributed by atoms with Crippen LogP contribution in [0.4, 0.5) is 0 Å². The number of para-hydroxylation sites is 1. The van der Waals surface area contributed by atoms with Gasteiger partial charge in [-0.1, -0.05) is 49.4 Å². The first kappa shape index (κ1) is 22.7. The van der Waals surface area contributed by atoms with Gasteiger partial charge in [-0.3, -0.25) is 9.69 Å². The second-order valence-electron chi connectivity index (χ2n) is 6.89. The molecule has 0 amide bonds. The summed E-state index contributed by atoms with van der Waals surface area (Å²) in [4.78, 5) is 13.7. The smallest absolute Gasteiger partial charge is 0.305 e. The van der Waals surface area contributed by atoms with E-state index in [0.717, 1.165) is 17.5 Å². The lowest BCUT2D eigenvalue weighted by molar-refractivity contribution is -0.147. The molecular weight excluding hydrogens is 370 g/mol. The quantitative estimate of drug-likeness (QED) is 0.550. The highest BCUT2D eigenvalue weighted by Crippen LogP contribution is 2.31. The minimum Gasteiger partial charge on any atom is -0.493 e. The Kier molecular flexibility index (Phi) is 9.47. The van der Waals surface area contributed by atoms with Crippen LogP contribution in [0.5, 0.6) is 11.5 Å². The molecule has 0 aliphatic rings. The van der Waals surface area contributed by atoms with E-state index in [4.69, 9.17) is 14.2 Å². The Labute approximate surface area is 173 Å². The molecule has 0 aliphatic heterocycles. The van der Waals surface area contributed by atoms with Crippen molar-refractivity contribution >= 4 is 5.97 Å². The molecule has 0 heterocycles. The van der Waals surface area contributed by atoms with E-state index in [0.29, 0.717) is 37.6 Å². The molecule has 6 nitrogen and oxygen atoms in total. The van der Waals surface area contributed by atoms with E-state index in [9.17, 15) is 9.90 Å². The first-order valence-electron chi connectivity index (χ1n) is 9.87. The van der Waals surface area contributed by atoms with Crippen molar-refractivity contribution in [2.45, 2.75) is 39.0 Å². The first-order valence-corrected chi connectivity index (χ1v) is 9.87. The minimum absolute atomic E-state index is 0.0145. The number of hydrogen-bond acceptors (Lipinski definition) is 6. The summed E-state index contributed by atoms with van der Waals surface area (Å²) in [5, 5.41) is 10.4. The van der Waals surface area contributed by atoms with Crippen LogP contribution in [-0.2, 0) is 22.6 Å². The maximum absolute atomic E-state index is 11.6. The molecule has 158 valence electrons. The van der Waals surface area contributed by atoms with E-state index >= 15 is 0 Å². The molecule has 2 aromatic carbocycles. The predicted molar refractivity (Wildman–Crippen MR) is 112 cm³/mol. The number of ether oxygens (including phenoxy) is 3. The molecule has 0 aliphatic carbocycles. The summed E-state index contributed by atoms with van der Waals surface area (Å²) in [6.45, 7) is 3.45. The maximum Gasteiger partial charge on any atom is 0.305 e. The highest BCUT2D eigenvalue weighted by atomic mass is 16.5. The van der Waals surface area contributed by atoms with Gasteiger partial charge in [0.1, 0.15) is 12.7 Å². The second kappa shape index (κ2) is 12.1. The van der Waals surface area contributed by atoms with E-state index < -0.39 is 6.10 Å². The topological polar surface area (TPSA) is 68.2 Å². The summed E-state index contributed by atoms with van der Waals surface area (Å²) >= 11 is 0. The van der Waals surface area contributed by atoms with Gasteiger partial charge in [0.2, 0.25) is 0 Å². The summed E-state index contributed by atoms with van der Waals surface area (Å²) in [5.74, 6) is 1.06. The standard InChI is InChI=1S/C23H31NO5/c1-4-9-22(26)29-17-20(25)16-24(14-18-10-6-5-7-11-18)15-19-12-8-13-21(27-2)23(19)28-3/h5-8,10-13,20,25H,4,9,14-17H2,1-3H3/t20-/m0/s1. The van der Waals surface area contributed by atoms with Crippen molar-refractivity contribution in [3.63, 3.8) is 0 Å². The van der Waals surface area contributed by atoms with Crippen molar-refractivity contribution in [1.82, 2.24) is 4.90 Å². The summed E-state index contributed by atoms with van der Waals surface area (Å²) < 4.78 is 16.1. The van der Waals surface area contributed by atoms with E-state index in [1.54, 1.807) is 14.2 Å². The number of nitrogens with zero attached hydrogens (tertiary/aromatic N) is 1. The molecule has 0 radical (unpaired) electrons. The summed E-state index contributed by atoms with van der Waals surface area (Å²) in [6, 6.07) is 15.8. The van der Waals surface area contributed by atoms with Gasteiger partial charge in [-0.25, -0.2) is 0 Å². The average molecular weight is 402 g/mol. The zero-order chi connectivity index (χ0) is 21.1. The van der Waals surface area contributed by atoms with Crippen molar-refractivity contribution in [3.05, 3.63) is 59.7 Å². The number of hydrogen-bond donors (Lipinski definition) is 1. The molecule has 2 aromatic rings. The molecule has 0 aromatic heterocycles. The number of esters is 1. The number of carbonyl (C=O) groups excluding carboxylic acids is 1. The largest absolute Gasteiger partial charge is 0.493 e. The van der Waals surface area contributed by atoms with Gasteiger partial charge in [-0.15, -0.1) is 0 Å². The molecular formula is C23H31NO5. The zero-order valence-electron chi connectivity index (χ0n) is 17.5. The number of carbonyl (C=O) groups is 1. The lowest BCUT2D eigenvalue weighted by atomic mass is 10.1. The van der Waals surface area contributed by atoms with Crippen LogP contribution >= 0.6 is 0 Å². The van der Waals surface area contributed by atoms with Crippen LogP contribution in [-0.4, -0.2) is 49.5 Å². The van der Waals surface area contributed by atoms with Crippen LogP contribution < -0.4 is 9.47 Å². The molecule has 0 unspecified atom stereocenters.